The van der Waals surface area contributed by atoms with Crippen LogP contribution in [0.15, 0.2) is 36.9 Å². The lowest BCUT2D eigenvalue weighted by Crippen LogP contribution is -2.19. The van der Waals surface area contributed by atoms with E-state index < -0.39 is 6.61 Å². The van der Waals surface area contributed by atoms with Gasteiger partial charge in [0.2, 0.25) is 0 Å². The molecule has 1 aromatic carbocycles. The van der Waals surface area contributed by atoms with Gasteiger partial charge in [-0.25, -0.2) is 4.98 Å². The molecule has 1 aliphatic heterocycles. The molecular formula is C18H15F2N5O2. The number of aromatic nitrogens is 3. The van der Waals surface area contributed by atoms with Gasteiger partial charge < -0.3 is 14.8 Å². The molecule has 3 aromatic rings. The van der Waals surface area contributed by atoms with E-state index in [9.17, 15) is 14.0 Å². The third kappa shape index (κ3) is 3.39. The molecule has 1 atom stereocenters. The highest BCUT2D eigenvalue weighted by Crippen LogP contribution is 2.36. The number of ether oxygens (including phenoxy) is 2. The molecule has 27 heavy (non-hydrogen) atoms. The number of fused-ring (bicyclic) bond motifs is 1. The van der Waals surface area contributed by atoms with E-state index in [-0.39, 0.29) is 17.4 Å². The minimum atomic E-state index is -3.00. The predicted octanol–water partition coefficient (Wildman–Crippen LogP) is 2.63. The zero-order valence-corrected chi connectivity index (χ0v) is 14.1. The summed E-state index contributed by atoms with van der Waals surface area (Å²) in [5.74, 6) is 0.762. The monoisotopic (exact) mass is 371 g/mol. The van der Waals surface area contributed by atoms with E-state index in [0.29, 0.717) is 29.0 Å². The van der Waals surface area contributed by atoms with E-state index in [1.54, 1.807) is 12.1 Å². The van der Waals surface area contributed by atoms with Crippen LogP contribution in [0.25, 0.3) is 16.7 Å². The molecule has 7 nitrogen and oxygen atoms in total. The van der Waals surface area contributed by atoms with Gasteiger partial charge in [-0.15, -0.1) is 0 Å². The quantitative estimate of drug-likeness (QED) is 0.742. The summed E-state index contributed by atoms with van der Waals surface area (Å²) in [5, 5.41) is 13.2. The summed E-state index contributed by atoms with van der Waals surface area (Å²) in [7, 11) is 0. The number of rotatable bonds is 5. The highest BCUT2D eigenvalue weighted by molar-refractivity contribution is 5.93. The van der Waals surface area contributed by atoms with Gasteiger partial charge in [0.15, 0.2) is 11.6 Å². The standard InChI is InChI=1S/C18H15F2N5O2/c19-18(20)27-15-10-25(16-9-23-3-4-24-16)17-11(7-21)5-13(6-14(15)17)26-12-1-2-22-8-12/h3-6,9-10,12,18,22H,1-2,8H2. The van der Waals surface area contributed by atoms with Crippen LogP contribution < -0.4 is 14.8 Å². The van der Waals surface area contributed by atoms with Gasteiger partial charge in [0.05, 0.1) is 23.5 Å². The predicted molar refractivity (Wildman–Crippen MR) is 92.1 cm³/mol. The molecule has 0 aliphatic carbocycles. The maximum absolute atomic E-state index is 12.9. The van der Waals surface area contributed by atoms with Crippen LogP contribution >= 0.6 is 0 Å². The molecule has 1 aliphatic rings. The minimum absolute atomic E-state index is 0.0319. The van der Waals surface area contributed by atoms with Crippen LogP contribution in [0.5, 0.6) is 11.5 Å². The van der Waals surface area contributed by atoms with Crippen molar-refractivity contribution in [3.63, 3.8) is 0 Å². The molecule has 3 heterocycles. The zero-order chi connectivity index (χ0) is 18.8. The second kappa shape index (κ2) is 7.17. The van der Waals surface area contributed by atoms with E-state index in [1.807, 2.05) is 0 Å². The Morgan fingerprint density at radius 2 is 2.22 bits per heavy atom. The van der Waals surface area contributed by atoms with E-state index in [2.05, 4.69) is 26.1 Å². The van der Waals surface area contributed by atoms with Gasteiger partial charge in [-0.1, -0.05) is 0 Å². The summed E-state index contributed by atoms with van der Waals surface area (Å²) >= 11 is 0. The van der Waals surface area contributed by atoms with E-state index in [4.69, 9.17) is 4.74 Å². The van der Waals surface area contributed by atoms with Gasteiger partial charge in [-0.3, -0.25) is 9.55 Å². The number of nitrogens with one attached hydrogen (secondary N) is 1. The van der Waals surface area contributed by atoms with Crippen molar-refractivity contribution in [1.82, 2.24) is 19.9 Å². The highest BCUT2D eigenvalue weighted by Gasteiger charge is 2.22. The number of halogens is 2. The molecule has 0 bridgehead atoms. The van der Waals surface area contributed by atoms with Gasteiger partial charge in [-0.05, 0) is 19.0 Å². The lowest BCUT2D eigenvalue weighted by atomic mass is 10.1. The molecule has 0 saturated carbocycles. The number of hydrogen-bond acceptors (Lipinski definition) is 6. The van der Waals surface area contributed by atoms with Crippen molar-refractivity contribution in [2.75, 3.05) is 13.1 Å². The van der Waals surface area contributed by atoms with E-state index in [1.165, 1.54) is 29.4 Å². The molecule has 2 aromatic heterocycles. The lowest BCUT2D eigenvalue weighted by Gasteiger charge is -2.14. The minimum Gasteiger partial charge on any atom is -0.489 e. The van der Waals surface area contributed by atoms with Crippen LogP contribution in [0.4, 0.5) is 8.78 Å². The lowest BCUT2D eigenvalue weighted by molar-refractivity contribution is -0.0488. The first-order valence-electron chi connectivity index (χ1n) is 8.33. The Labute approximate surface area is 153 Å². The van der Waals surface area contributed by atoms with Gasteiger partial charge in [0, 0.05) is 30.4 Å². The normalized spacial score (nSPS) is 16.6. The average Bonchev–Trinajstić information content (AvgIpc) is 3.30. The fourth-order valence-corrected chi connectivity index (χ4v) is 3.17. The van der Waals surface area contributed by atoms with Crippen LogP contribution in [-0.4, -0.2) is 40.3 Å². The van der Waals surface area contributed by atoms with Crippen molar-refractivity contribution in [3.05, 3.63) is 42.5 Å². The fourth-order valence-electron chi connectivity index (χ4n) is 3.17. The molecule has 9 heteroatoms. The van der Waals surface area contributed by atoms with Crippen molar-refractivity contribution in [3.8, 4) is 23.4 Å². The summed E-state index contributed by atoms with van der Waals surface area (Å²) in [6.07, 6.45) is 6.63. The molecule has 0 amide bonds. The summed E-state index contributed by atoms with van der Waals surface area (Å²) in [6.45, 7) is -1.46. The van der Waals surface area contributed by atoms with Crippen molar-refractivity contribution in [1.29, 1.82) is 5.26 Å². The first-order valence-corrected chi connectivity index (χ1v) is 8.33. The fraction of sp³-hybridized carbons (Fsp3) is 0.278. The maximum atomic E-state index is 12.9. The first kappa shape index (κ1) is 17.2. The summed E-state index contributed by atoms with van der Waals surface area (Å²) in [5.41, 5.74) is 0.675. The van der Waals surface area contributed by atoms with Gasteiger partial charge >= 0.3 is 6.61 Å². The van der Waals surface area contributed by atoms with Crippen molar-refractivity contribution in [2.45, 2.75) is 19.1 Å². The van der Waals surface area contributed by atoms with Crippen LogP contribution in [0, 0.1) is 11.3 Å². The van der Waals surface area contributed by atoms with Gasteiger partial charge in [0.1, 0.15) is 17.9 Å². The van der Waals surface area contributed by atoms with Crippen LogP contribution in [-0.2, 0) is 0 Å². The number of benzene rings is 1. The Morgan fingerprint density at radius 1 is 1.33 bits per heavy atom. The second-order valence-corrected chi connectivity index (χ2v) is 6.02. The molecule has 138 valence electrons. The highest BCUT2D eigenvalue weighted by atomic mass is 19.3. The number of alkyl halides is 2. The zero-order valence-electron chi connectivity index (χ0n) is 14.1. The summed E-state index contributed by atoms with van der Waals surface area (Å²) < 4.78 is 37.9. The third-order valence-corrected chi connectivity index (χ3v) is 4.29. The first-order chi connectivity index (χ1) is 13.2. The molecule has 1 fully saturated rings. The van der Waals surface area contributed by atoms with Crippen molar-refractivity contribution in [2.24, 2.45) is 0 Å². The topological polar surface area (TPSA) is 85.0 Å². The Kier molecular flexibility index (Phi) is 4.56. The molecule has 1 saturated heterocycles. The van der Waals surface area contributed by atoms with Crippen molar-refractivity contribution < 1.29 is 18.3 Å². The van der Waals surface area contributed by atoms with E-state index >= 15 is 0 Å². The Balaban J connectivity index is 1.88. The SMILES string of the molecule is N#Cc1cc(OC2CCNC2)cc2c(OC(F)F)cn(-c3cnccn3)c12. The van der Waals surface area contributed by atoms with Crippen molar-refractivity contribution >= 4 is 10.9 Å². The number of nitrogens with zero attached hydrogens (tertiary/aromatic N) is 4. The van der Waals surface area contributed by atoms with Crippen LogP contribution in [0.1, 0.15) is 12.0 Å². The smallest absolute Gasteiger partial charge is 0.387 e. The third-order valence-electron chi connectivity index (χ3n) is 4.29. The van der Waals surface area contributed by atoms with Crippen LogP contribution in [0.3, 0.4) is 0 Å². The number of hydrogen-bond donors (Lipinski definition) is 1. The second-order valence-electron chi connectivity index (χ2n) is 6.02. The number of nitriles is 1. The van der Waals surface area contributed by atoms with Gasteiger partial charge in [0.25, 0.3) is 0 Å². The largest absolute Gasteiger partial charge is 0.489 e. The molecule has 1 N–H and O–H groups in total. The summed E-state index contributed by atoms with van der Waals surface area (Å²) in [4.78, 5) is 8.17. The van der Waals surface area contributed by atoms with E-state index in [0.717, 1.165) is 13.0 Å². The molecule has 0 radical (unpaired) electrons. The summed E-state index contributed by atoms with van der Waals surface area (Å²) in [6, 6.07) is 5.31. The Bertz CT molecular complexity index is 994. The Hall–Kier alpha value is -3.25. The molecular weight excluding hydrogens is 356 g/mol. The van der Waals surface area contributed by atoms with Gasteiger partial charge in [-0.2, -0.15) is 14.0 Å². The molecule has 0 spiro atoms. The molecule has 4 rings (SSSR count). The molecule has 1 unspecified atom stereocenters. The van der Waals surface area contributed by atoms with Crippen LogP contribution in [0.2, 0.25) is 0 Å². The Morgan fingerprint density at radius 3 is 2.89 bits per heavy atom. The maximum Gasteiger partial charge on any atom is 0.387 e. The average molecular weight is 371 g/mol.